The summed E-state index contributed by atoms with van der Waals surface area (Å²) in [7, 11) is 0. The smallest absolute Gasteiger partial charge is 0.243 e. The molecule has 0 aliphatic carbocycles. The summed E-state index contributed by atoms with van der Waals surface area (Å²) in [4.78, 5) is 16.3. The zero-order valence-electron chi connectivity index (χ0n) is 15.8. The molecule has 1 amide bonds. The van der Waals surface area contributed by atoms with Crippen molar-refractivity contribution < 1.29 is 9.53 Å². The highest BCUT2D eigenvalue weighted by Crippen LogP contribution is 2.20. The Morgan fingerprint density at radius 3 is 2.52 bits per heavy atom. The molecule has 1 unspecified atom stereocenters. The normalized spacial score (nSPS) is 22.1. The molecule has 0 radical (unpaired) electrons. The van der Waals surface area contributed by atoms with Gasteiger partial charge in [0.1, 0.15) is 17.6 Å². The van der Waals surface area contributed by atoms with Crippen molar-refractivity contribution >= 4 is 16.9 Å². The zero-order valence-corrected chi connectivity index (χ0v) is 15.8. The van der Waals surface area contributed by atoms with E-state index >= 15 is 0 Å². The van der Waals surface area contributed by atoms with Gasteiger partial charge in [0.25, 0.3) is 0 Å². The number of rotatable bonds is 6. The van der Waals surface area contributed by atoms with E-state index in [1.165, 1.54) is 17.6 Å². The lowest BCUT2D eigenvalue weighted by Gasteiger charge is -2.35. The van der Waals surface area contributed by atoms with Crippen LogP contribution in [-0.4, -0.2) is 65.2 Å². The lowest BCUT2D eigenvalue weighted by molar-refractivity contribution is -0.122. The Hall–Kier alpha value is -1.99. The van der Waals surface area contributed by atoms with Gasteiger partial charge in [-0.05, 0) is 62.7 Å². The van der Waals surface area contributed by atoms with Crippen molar-refractivity contribution in [2.45, 2.75) is 32.2 Å². The molecule has 2 aromatic rings. The summed E-state index contributed by atoms with van der Waals surface area (Å²) in [5, 5.41) is 11.7. The van der Waals surface area contributed by atoms with E-state index in [9.17, 15) is 4.79 Å². The number of hydrogen-bond acceptors (Lipinski definition) is 5. The van der Waals surface area contributed by atoms with Crippen LogP contribution in [0.5, 0.6) is 0 Å². The lowest BCUT2D eigenvalue weighted by atomic mass is 9.94. The van der Waals surface area contributed by atoms with Crippen molar-refractivity contribution in [2.24, 2.45) is 11.8 Å². The number of nitrogens with one attached hydrogen (secondary N) is 1. The molecule has 7 heteroatoms. The van der Waals surface area contributed by atoms with Gasteiger partial charge in [-0.1, -0.05) is 12.1 Å². The molecule has 0 spiro atoms. The average molecular weight is 371 g/mol. The fraction of sp³-hybridized carbons (Fsp3) is 0.650. The molecule has 2 saturated heterocycles. The van der Waals surface area contributed by atoms with Gasteiger partial charge in [0.05, 0.1) is 6.61 Å². The fourth-order valence-electron chi connectivity index (χ4n) is 4.11. The fourth-order valence-corrected chi connectivity index (χ4v) is 4.11. The average Bonchev–Trinajstić information content (AvgIpc) is 3.10. The van der Waals surface area contributed by atoms with Gasteiger partial charge in [0.15, 0.2) is 0 Å². The molecule has 7 nitrogen and oxygen atoms in total. The highest BCUT2D eigenvalue weighted by molar-refractivity contribution is 5.77. The van der Waals surface area contributed by atoms with Gasteiger partial charge in [-0.25, -0.2) is 0 Å². The molecule has 1 aromatic heterocycles. The van der Waals surface area contributed by atoms with Gasteiger partial charge < -0.3 is 15.0 Å². The Morgan fingerprint density at radius 2 is 1.85 bits per heavy atom. The van der Waals surface area contributed by atoms with Crippen LogP contribution in [-0.2, 0) is 16.1 Å². The molecule has 4 rings (SSSR count). The van der Waals surface area contributed by atoms with Crippen LogP contribution in [0.15, 0.2) is 24.3 Å². The van der Waals surface area contributed by atoms with E-state index in [1.54, 1.807) is 0 Å². The van der Waals surface area contributed by atoms with Crippen LogP contribution < -0.4 is 5.32 Å². The molecule has 1 aromatic carbocycles. The third kappa shape index (κ3) is 5.05. The first-order valence-electron chi connectivity index (χ1n) is 10.1. The highest BCUT2D eigenvalue weighted by atomic mass is 16.5. The number of hydrogen-bond donors (Lipinski definition) is 1. The van der Waals surface area contributed by atoms with Gasteiger partial charge in [-0.15, -0.1) is 0 Å². The number of likely N-dealkylation sites (tertiary alicyclic amines) is 1. The van der Waals surface area contributed by atoms with Gasteiger partial charge >= 0.3 is 0 Å². The van der Waals surface area contributed by atoms with E-state index < -0.39 is 0 Å². The SMILES string of the molecule is O=C(Cn1nc2ccccc2n1)NCC1CCN(CC2CCCOC2)CC1. The van der Waals surface area contributed by atoms with E-state index in [0.29, 0.717) is 11.8 Å². The molecule has 0 saturated carbocycles. The molecule has 0 bridgehead atoms. The Morgan fingerprint density at radius 1 is 1.11 bits per heavy atom. The zero-order chi connectivity index (χ0) is 18.5. The van der Waals surface area contributed by atoms with Gasteiger partial charge in [-0.2, -0.15) is 15.0 Å². The van der Waals surface area contributed by atoms with Crippen LogP contribution in [0, 0.1) is 11.8 Å². The monoisotopic (exact) mass is 371 g/mol. The third-order valence-corrected chi connectivity index (χ3v) is 5.68. The Labute approximate surface area is 160 Å². The number of piperidine rings is 1. The second-order valence-corrected chi connectivity index (χ2v) is 7.85. The molecule has 1 N–H and O–H groups in total. The maximum Gasteiger partial charge on any atom is 0.243 e. The minimum atomic E-state index is -0.0166. The second-order valence-electron chi connectivity index (χ2n) is 7.85. The molecule has 2 aliphatic heterocycles. The third-order valence-electron chi connectivity index (χ3n) is 5.68. The Bertz CT molecular complexity index is 715. The van der Waals surface area contributed by atoms with Crippen LogP contribution in [0.4, 0.5) is 0 Å². The van der Waals surface area contributed by atoms with Crippen molar-refractivity contribution in [1.29, 1.82) is 0 Å². The maximum atomic E-state index is 12.2. The Kier molecular flexibility index (Phi) is 5.99. The van der Waals surface area contributed by atoms with E-state index in [4.69, 9.17) is 4.74 Å². The maximum absolute atomic E-state index is 12.2. The minimum Gasteiger partial charge on any atom is -0.381 e. The van der Waals surface area contributed by atoms with Crippen molar-refractivity contribution in [3.05, 3.63) is 24.3 Å². The van der Waals surface area contributed by atoms with Crippen molar-refractivity contribution in [3.63, 3.8) is 0 Å². The molecule has 2 fully saturated rings. The summed E-state index contributed by atoms with van der Waals surface area (Å²) in [6.07, 6.45) is 4.80. The van der Waals surface area contributed by atoms with E-state index in [0.717, 1.165) is 63.3 Å². The summed E-state index contributed by atoms with van der Waals surface area (Å²) >= 11 is 0. The molecule has 1 atom stereocenters. The van der Waals surface area contributed by atoms with E-state index in [2.05, 4.69) is 20.4 Å². The van der Waals surface area contributed by atoms with Gasteiger partial charge in [0.2, 0.25) is 5.91 Å². The number of benzene rings is 1. The Balaban J connectivity index is 1.16. The molecular weight excluding hydrogens is 342 g/mol. The molecule has 2 aliphatic rings. The number of fused-ring (bicyclic) bond motifs is 1. The predicted octanol–water partition coefficient (Wildman–Crippen LogP) is 1.69. The summed E-state index contributed by atoms with van der Waals surface area (Å²) in [6.45, 7) is 6.20. The van der Waals surface area contributed by atoms with Gasteiger partial charge in [-0.3, -0.25) is 4.79 Å². The van der Waals surface area contributed by atoms with Crippen molar-refractivity contribution in [2.75, 3.05) is 39.4 Å². The van der Waals surface area contributed by atoms with E-state index in [1.807, 2.05) is 24.3 Å². The molecule has 146 valence electrons. The van der Waals surface area contributed by atoms with Crippen molar-refractivity contribution in [1.82, 2.24) is 25.2 Å². The molecule has 3 heterocycles. The number of ether oxygens (including phenoxy) is 1. The number of carbonyl (C=O) groups is 1. The molecular formula is C20H29N5O2. The standard InChI is InChI=1S/C20H29N5O2/c26-20(14-25-22-18-5-1-2-6-19(18)23-25)21-12-16-7-9-24(10-8-16)13-17-4-3-11-27-15-17/h1-2,5-6,16-17H,3-4,7-15H2,(H,21,26). The lowest BCUT2D eigenvalue weighted by Crippen LogP contribution is -2.42. The summed E-state index contributed by atoms with van der Waals surface area (Å²) < 4.78 is 5.59. The van der Waals surface area contributed by atoms with Crippen LogP contribution in [0.1, 0.15) is 25.7 Å². The quantitative estimate of drug-likeness (QED) is 0.837. The van der Waals surface area contributed by atoms with Crippen molar-refractivity contribution in [3.8, 4) is 0 Å². The van der Waals surface area contributed by atoms with Crippen LogP contribution in [0.25, 0.3) is 11.0 Å². The van der Waals surface area contributed by atoms with Gasteiger partial charge in [0, 0.05) is 19.7 Å². The number of nitrogens with zero attached hydrogens (tertiary/aromatic N) is 4. The molecule has 27 heavy (non-hydrogen) atoms. The van der Waals surface area contributed by atoms with E-state index in [-0.39, 0.29) is 12.5 Å². The van der Waals surface area contributed by atoms with Crippen LogP contribution in [0.2, 0.25) is 0 Å². The highest BCUT2D eigenvalue weighted by Gasteiger charge is 2.23. The summed E-state index contributed by atoms with van der Waals surface area (Å²) in [6, 6.07) is 7.66. The number of aromatic nitrogens is 3. The predicted molar refractivity (Wildman–Crippen MR) is 103 cm³/mol. The largest absolute Gasteiger partial charge is 0.381 e. The number of amides is 1. The van der Waals surface area contributed by atoms with Crippen LogP contribution in [0.3, 0.4) is 0 Å². The summed E-state index contributed by atoms with van der Waals surface area (Å²) in [5.41, 5.74) is 1.64. The first-order valence-corrected chi connectivity index (χ1v) is 10.1. The first kappa shape index (κ1) is 18.4. The number of carbonyl (C=O) groups excluding carboxylic acids is 1. The topological polar surface area (TPSA) is 72.3 Å². The minimum absolute atomic E-state index is 0.0166. The van der Waals surface area contributed by atoms with Crippen LogP contribution >= 0.6 is 0 Å². The summed E-state index contributed by atoms with van der Waals surface area (Å²) in [5.74, 6) is 1.25. The second kappa shape index (κ2) is 8.80. The first-order chi connectivity index (χ1) is 13.3.